The van der Waals surface area contributed by atoms with Crippen LogP contribution in [0.15, 0.2) is 0 Å². The fraction of sp³-hybridized carbons (Fsp3) is 0.857. The zero-order valence-corrected chi connectivity index (χ0v) is 12.4. The van der Waals surface area contributed by atoms with Crippen molar-refractivity contribution in [3.05, 3.63) is 0 Å². The van der Waals surface area contributed by atoms with Crippen molar-refractivity contribution in [1.29, 1.82) is 5.26 Å². The van der Waals surface area contributed by atoms with E-state index in [0.29, 0.717) is 0 Å². The summed E-state index contributed by atoms with van der Waals surface area (Å²) in [7, 11) is 1.83. The number of nitriles is 1. The lowest BCUT2D eigenvalue weighted by Gasteiger charge is -2.49. The van der Waals surface area contributed by atoms with Gasteiger partial charge < -0.3 is 4.90 Å². The zero-order valence-electron chi connectivity index (χ0n) is 12.4. The van der Waals surface area contributed by atoms with E-state index >= 15 is 0 Å². The van der Waals surface area contributed by atoms with Gasteiger partial charge in [0.25, 0.3) is 0 Å². The smallest absolute Gasteiger partial charge is 0.240 e. The summed E-state index contributed by atoms with van der Waals surface area (Å²) in [6.07, 6.45) is 1.18. The summed E-state index contributed by atoms with van der Waals surface area (Å²) in [4.78, 5) is 16.4. The van der Waals surface area contributed by atoms with E-state index < -0.39 is 0 Å². The molecule has 1 atom stereocenters. The van der Waals surface area contributed by atoms with E-state index in [4.69, 9.17) is 5.26 Å². The Morgan fingerprint density at radius 1 is 1.44 bits per heavy atom. The molecule has 0 aromatic rings. The molecule has 0 saturated carbocycles. The first-order valence-electron chi connectivity index (χ1n) is 6.52. The van der Waals surface area contributed by atoms with Gasteiger partial charge >= 0.3 is 0 Å². The Bertz CT molecular complexity index is 362. The molecule has 4 nitrogen and oxygen atoms in total. The van der Waals surface area contributed by atoms with E-state index in [1.165, 1.54) is 0 Å². The highest BCUT2D eigenvalue weighted by molar-refractivity contribution is 5.82. The molecule has 1 aliphatic heterocycles. The van der Waals surface area contributed by atoms with Gasteiger partial charge in [0, 0.05) is 24.7 Å². The number of carbonyl (C=O) groups is 1. The monoisotopic (exact) mass is 251 g/mol. The number of rotatable bonds is 1. The minimum atomic E-state index is -0.336. The van der Waals surface area contributed by atoms with Crippen molar-refractivity contribution >= 4 is 5.91 Å². The van der Waals surface area contributed by atoms with Crippen molar-refractivity contribution in [3.8, 4) is 6.07 Å². The third-order valence-electron chi connectivity index (χ3n) is 3.69. The van der Waals surface area contributed by atoms with Crippen LogP contribution in [-0.2, 0) is 4.79 Å². The first-order chi connectivity index (χ1) is 8.11. The fourth-order valence-electron chi connectivity index (χ4n) is 3.10. The third kappa shape index (κ3) is 2.84. The van der Waals surface area contributed by atoms with Crippen LogP contribution < -0.4 is 0 Å². The standard InChI is InChI=1S/C14H25N3O/c1-13(2,3)17-11(7-9-15)12(18)16(6)10-8-14(17,4)5/h11H,7-8,10H2,1-6H3. The molecule has 1 fully saturated rings. The maximum Gasteiger partial charge on any atom is 0.240 e. The Kier molecular flexibility index (Phi) is 4.07. The van der Waals surface area contributed by atoms with E-state index in [-0.39, 0.29) is 29.4 Å². The first kappa shape index (κ1) is 15.0. The SMILES string of the molecule is CN1CCC(C)(C)N(C(C)(C)C)C(CC#N)C1=O. The van der Waals surface area contributed by atoms with Crippen LogP contribution in [0.3, 0.4) is 0 Å². The fourth-order valence-corrected chi connectivity index (χ4v) is 3.10. The maximum atomic E-state index is 12.4. The number of hydrogen-bond acceptors (Lipinski definition) is 3. The predicted octanol–water partition coefficient (Wildman–Crippen LogP) is 2.01. The molecule has 0 aromatic heterocycles. The summed E-state index contributed by atoms with van der Waals surface area (Å²) < 4.78 is 0. The second-order valence-electron chi connectivity index (χ2n) is 6.74. The van der Waals surface area contributed by atoms with E-state index in [9.17, 15) is 4.79 Å². The van der Waals surface area contributed by atoms with Crippen LogP contribution >= 0.6 is 0 Å². The Morgan fingerprint density at radius 2 is 2.00 bits per heavy atom. The quantitative estimate of drug-likeness (QED) is 0.716. The molecule has 0 N–H and O–H groups in total. The van der Waals surface area contributed by atoms with Gasteiger partial charge in [-0.3, -0.25) is 9.69 Å². The normalized spacial score (nSPS) is 25.7. The van der Waals surface area contributed by atoms with Crippen molar-refractivity contribution in [2.24, 2.45) is 0 Å². The molecule has 0 spiro atoms. The van der Waals surface area contributed by atoms with Crippen molar-refractivity contribution in [2.45, 2.75) is 64.6 Å². The Hall–Kier alpha value is -1.08. The Balaban J connectivity index is 3.25. The molecule has 0 aromatic carbocycles. The van der Waals surface area contributed by atoms with Gasteiger partial charge in [0.1, 0.15) is 6.04 Å². The second-order valence-corrected chi connectivity index (χ2v) is 6.74. The van der Waals surface area contributed by atoms with E-state index in [0.717, 1.165) is 13.0 Å². The minimum Gasteiger partial charge on any atom is -0.344 e. The van der Waals surface area contributed by atoms with Gasteiger partial charge in [0.05, 0.1) is 12.5 Å². The molecule has 102 valence electrons. The van der Waals surface area contributed by atoms with Crippen molar-refractivity contribution in [3.63, 3.8) is 0 Å². The molecule has 4 heteroatoms. The molecule has 1 rings (SSSR count). The number of hydrogen-bond donors (Lipinski definition) is 0. The van der Waals surface area contributed by atoms with Crippen molar-refractivity contribution in [1.82, 2.24) is 9.80 Å². The van der Waals surface area contributed by atoms with Gasteiger partial charge in [0.2, 0.25) is 5.91 Å². The molecule has 1 heterocycles. The molecule has 1 amide bonds. The minimum absolute atomic E-state index is 0.0667. The summed E-state index contributed by atoms with van der Waals surface area (Å²) in [6, 6.07) is 1.83. The lowest BCUT2D eigenvalue weighted by atomic mass is 9.89. The van der Waals surface area contributed by atoms with E-state index in [2.05, 4.69) is 45.6 Å². The van der Waals surface area contributed by atoms with Crippen LogP contribution in [0.2, 0.25) is 0 Å². The van der Waals surface area contributed by atoms with Gasteiger partial charge in [-0.25, -0.2) is 0 Å². The van der Waals surface area contributed by atoms with Crippen LogP contribution in [0.1, 0.15) is 47.5 Å². The van der Waals surface area contributed by atoms with Gasteiger partial charge in [0.15, 0.2) is 0 Å². The van der Waals surface area contributed by atoms with Gasteiger partial charge in [-0.2, -0.15) is 5.26 Å². The van der Waals surface area contributed by atoms with E-state index in [1.54, 1.807) is 4.90 Å². The molecule has 1 saturated heterocycles. The number of likely N-dealkylation sites (N-methyl/N-ethyl adjacent to an activating group) is 1. The number of nitrogens with zero attached hydrogens (tertiary/aromatic N) is 3. The van der Waals surface area contributed by atoms with Crippen molar-refractivity contribution < 1.29 is 4.79 Å². The largest absolute Gasteiger partial charge is 0.344 e. The highest BCUT2D eigenvalue weighted by Gasteiger charge is 2.45. The number of carbonyl (C=O) groups excluding carboxylic acids is 1. The van der Waals surface area contributed by atoms with Crippen LogP contribution in [0.25, 0.3) is 0 Å². The number of amides is 1. The van der Waals surface area contributed by atoms with Gasteiger partial charge in [-0.1, -0.05) is 0 Å². The molecular formula is C14H25N3O. The summed E-state index contributed by atoms with van der Waals surface area (Å²) in [5, 5.41) is 9.02. The van der Waals surface area contributed by atoms with Gasteiger partial charge in [-0.15, -0.1) is 0 Å². The molecular weight excluding hydrogens is 226 g/mol. The van der Waals surface area contributed by atoms with Gasteiger partial charge in [-0.05, 0) is 41.0 Å². The average molecular weight is 251 g/mol. The summed E-state index contributed by atoms with van der Waals surface area (Å²) in [5.41, 5.74) is -0.216. The maximum absolute atomic E-state index is 12.4. The summed E-state index contributed by atoms with van der Waals surface area (Å²) in [5.74, 6) is 0.0667. The molecule has 0 radical (unpaired) electrons. The Labute approximate surface area is 111 Å². The molecule has 1 aliphatic rings. The first-order valence-corrected chi connectivity index (χ1v) is 6.52. The highest BCUT2D eigenvalue weighted by atomic mass is 16.2. The lowest BCUT2D eigenvalue weighted by molar-refractivity contribution is -0.138. The molecule has 18 heavy (non-hydrogen) atoms. The zero-order chi connectivity index (χ0) is 14.1. The second kappa shape index (κ2) is 4.89. The molecule has 0 bridgehead atoms. The van der Waals surface area contributed by atoms with Crippen LogP contribution in [0.4, 0.5) is 0 Å². The predicted molar refractivity (Wildman–Crippen MR) is 71.9 cm³/mol. The van der Waals surface area contributed by atoms with E-state index in [1.807, 2.05) is 7.05 Å². The van der Waals surface area contributed by atoms with Crippen LogP contribution in [0.5, 0.6) is 0 Å². The van der Waals surface area contributed by atoms with Crippen LogP contribution in [0, 0.1) is 11.3 Å². The summed E-state index contributed by atoms with van der Waals surface area (Å²) in [6.45, 7) is 11.4. The lowest BCUT2D eigenvalue weighted by Crippen LogP contribution is -2.60. The molecule has 0 aliphatic carbocycles. The van der Waals surface area contributed by atoms with Crippen LogP contribution in [-0.4, -0.2) is 46.4 Å². The highest BCUT2D eigenvalue weighted by Crippen LogP contribution is 2.34. The topological polar surface area (TPSA) is 47.3 Å². The third-order valence-corrected chi connectivity index (χ3v) is 3.69. The van der Waals surface area contributed by atoms with Crippen molar-refractivity contribution in [2.75, 3.05) is 13.6 Å². The summed E-state index contributed by atoms with van der Waals surface area (Å²) >= 11 is 0. The molecule has 1 unspecified atom stereocenters. The average Bonchev–Trinajstić information content (AvgIpc) is 2.28. The Morgan fingerprint density at radius 3 is 2.44 bits per heavy atom.